The van der Waals surface area contributed by atoms with Gasteiger partial charge in [0.1, 0.15) is 0 Å². The number of urea groups is 1. The van der Waals surface area contributed by atoms with Crippen LogP contribution in [0, 0.1) is 11.3 Å². The largest absolute Gasteiger partial charge is 0.481 e. The zero-order valence-electron chi connectivity index (χ0n) is 13.7. The molecule has 1 aliphatic carbocycles. The van der Waals surface area contributed by atoms with Crippen molar-refractivity contribution in [2.45, 2.75) is 58.8 Å². The molecule has 2 amide bonds. The fourth-order valence-corrected chi connectivity index (χ4v) is 2.93. The standard InChI is InChI=1S/C16H30N2O3/c1-4-13(2)11-18(3)15(21)17-12-16(14(19)20)9-7-5-6-8-10-16/h13H,4-12H2,1-3H3,(H,17,21)(H,19,20). The van der Waals surface area contributed by atoms with Crippen LogP contribution in [0.3, 0.4) is 0 Å². The maximum absolute atomic E-state index is 12.1. The molecule has 21 heavy (non-hydrogen) atoms. The average Bonchev–Trinajstić information content (AvgIpc) is 2.71. The van der Waals surface area contributed by atoms with Gasteiger partial charge in [0.2, 0.25) is 0 Å². The van der Waals surface area contributed by atoms with Gasteiger partial charge in [-0.3, -0.25) is 4.79 Å². The van der Waals surface area contributed by atoms with Gasteiger partial charge < -0.3 is 15.3 Å². The van der Waals surface area contributed by atoms with Gasteiger partial charge in [-0.15, -0.1) is 0 Å². The summed E-state index contributed by atoms with van der Waals surface area (Å²) in [5, 5.41) is 12.4. The molecule has 1 rings (SSSR count). The third-order valence-electron chi connectivity index (χ3n) is 4.72. The van der Waals surface area contributed by atoms with Gasteiger partial charge in [0.15, 0.2) is 0 Å². The molecular weight excluding hydrogens is 268 g/mol. The number of nitrogens with one attached hydrogen (secondary N) is 1. The first-order valence-electron chi connectivity index (χ1n) is 8.13. The second-order valence-corrected chi connectivity index (χ2v) is 6.55. The van der Waals surface area contributed by atoms with Crippen molar-refractivity contribution in [2.75, 3.05) is 20.1 Å². The molecule has 1 atom stereocenters. The van der Waals surface area contributed by atoms with Crippen molar-refractivity contribution in [3.05, 3.63) is 0 Å². The van der Waals surface area contributed by atoms with Crippen molar-refractivity contribution < 1.29 is 14.7 Å². The highest BCUT2D eigenvalue weighted by atomic mass is 16.4. The molecule has 1 fully saturated rings. The Morgan fingerprint density at radius 1 is 1.24 bits per heavy atom. The number of carbonyl (C=O) groups excluding carboxylic acids is 1. The van der Waals surface area contributed by atoms with E-state index in [9.17, 15) is 14.7 Å². The fourth-order valence-electron chi connectivity index (χ4n) is 2.93. The van der Waals surface area contributed by atoms with Crippen molar-refractivity contribution in [2.24, 2.45) is 11.3 Å². The Hall–Kier alpha value is -1.26. The van der Waals surface area contributed by atoms with Crippen molar-refractivity contribution in [1.29, 1.82) is 0 Å². The molecule has 5 heteroatoms. The predicted molar refractivity (Wildman–Crippen MR) is 83.3 cm³/mol. The number of nitrogens with zero attached hydrogens (tertiary/aromatic N) is 1. The smallest absolute Gasteiger partial charge is 0.317 e. The summed E-state index contributed by atoms with van der Waals surface area (Å²) in [6, 6.07) is -0.167. The molecule has 0 aromatic carbocycles. The van der Waals surface area contributed by atoms with E-state index in [1.54, 1.807) is 11.9 Å². The van der Waals surface area contributed by atoms with E-state index in [4.69, 9.17) is 0 Å². The van der Waals surface area contributed by atoms with Crippen LogP contribution in [0.25, 0.3) is 0 Å². The predicted octanol–water partition coefficient (Wildman–Crippen LogP) is 3.10. The number of hydrogen-bond acceptors (Lipinski definition) is 2. The molecule has 0 spiro atoms. The molecule has 0 radical (unpaired) electrons. The molecule has 2 N–H and O–H groups in total. The Morgan fingerprint density at radius 3 is 2.29 bits per heavy atom. The quantitative estimate of drug-likeness (QED) is 0.740. The van der Waals surface area contributed by atoms with Gasteiger partial charge in [-0.05, 0) is 18.8 Å². The topological polar surface area (TPSA) is 69.6 Å². The Balaban J connectivity index is 2.56. The van der Waals surface area contributed by atoms with E-state index in [0.717, 1.165) is 32.1 Å². The zero-order valence-corrected chi connectivity index (χ0v) is 13.7. The van der Waals surface area contributed by atoms with Crippen molar-refractivity contribution >= 4 is 12.0 Å². The number of aliphatic carboxylic acids is 1. The molecule has 0 saturated heterocycles. The molecule has 1 saturated carbocycles. The maximum atomic E-state index is 12.1. The number of carboxylic acids is 1. The summed E-state index contributed by atoms with van der Waals surface area (Å²) in [6.45, 7) is 5.14. The van der Waals surface area contributed by atoms with E-state index in [0.29, 0.717) is 25.3 Å². The van der Waals surface area contributed by atoms with Crippen molar-refractivity contribution in [1.82, 2.24) is 10.2 Å². The Kier molecular flexibility index (Phi) is 6.99. The van der Waals surface area contributed by atoms with Gasteiger partial charge in [-0.1, -0.05) is 46.0 Å². The van der Waals surface area contributed by atoms with Crippen LogP contribution in [-0.2, 0) is 4.79 Å². The first-order chi connectivity index (χ1) is 9.91. The van der Waals surface area contributed by atoms with Gasteiger partial charge in [0, 0.05) is 20.1 Å². The SMILES string of the molecule is CCC(C)CN(C)C(=O)NCC1(C(=O)O)CCCCCC1. The lowest BCUT2D eigenvalue weighted by Gasteiger charge is -2.30. The van der Waals surface area contributed by atoms with Crippen LogP contribution >= 0.6 is 0 Å². The van der Waals surface area contributed by atoms with Gasteiger partial charge in [0.05, 0.1) is 5.41 Å². The summed E-state index contributed by atoms with van der Waals surface area (Å²) in [7, 11) is 1.77. The summed E-state index contributed by atoms with van der Waals surface area (Å²) in [5.41, 5.74) is -0.774. The van der Waals surface area contributed by atoms with Crippen molar-refractivity contribution in [3.8, 4) is 0 Å². The lowest BCUT2D eigenvalue weighted by atomic mass is 9.80. The van der Waals surface area contributed by atoms with E-state index in [1.165, 1.54) is 0 Å². The highest BCUT2D eigenvalue weighted by Crippen LogP contribution is 2.34. The van der Waals surface area contributed by atoms with Crippen LogP contribution in [-0.4, -0.2) is 42.1 Å². The minimum atomic E-state index is -0.774. The van der Waals surface area contributed by atoms with E-state index in [1.807, 2.05) is 0 Å². The first-order valence-corrected chi connectivity index (χ1v) is 8.13. The lowest BCUT2D eigenvalue weighted by molar-refractivity contribution is -0.149. The number of carboxylic acid groups (broad SMARTS) is 1. The normalized spacial score (nSPS) is 19.4. The number of amides is 2. The minimum Gasteiger partial charge on any atom is -0.481 e. The van der Waals surface area contributed by atoms with E-state index in [2.05, 4.69) is 19.2 Å². The number of carbonyl (C=O) groups is 2. The van der Waals surface area contributed by atoms with Gasteiger partial charge in [-0.2, -0.15) is 0 Å². The van der Waals surface area contributed by atoms with E-state index in [-0.39, 0.29) is 12.6 Å². The molecule has 1 aliphatic rings. The summed E-state index contributed by atoms with van der Waals surface area (Å²) >= 11 is 0. The second-order valence-electron chi connectivity index (χ2n) is 6.55. The molecule has 1 unspecified atom stereocenters. The van der Waals surface area contributed by atoms with Crippen LogP contribution in [0.5, 0.6) is 0 Å². The van der Waals surface area contributed by atoms with Gasteiger partial charge in [0.25, 0.3) is 0 Å². The third kappa shape index (κ3) is 5.21. The van der Waals surface area contributed by atoms with Crippen LogP contribution in [0.2, 0.25) is 0 Å². The highest BCUT2D eigenvalue weighted by Gasteiger charge is 2.39. The molecule has 0 aromatic heterocycles. The number of hydrogen-bond donors (Lipinski definition) is 2. The fraction of sp³-hybridized carbons (Fsp3) is 0.875. The molecular formula is C16H30N2O3. The summed E-state index contributed by atoms with van der Waals surface area (Å²) in [6.07, 6.45) is 6.41. The van der Waals surface area contributed by atoms with Crippen LogP contribution in [0.15, 0.2) is 0 Å². The summed E-state index contributed by atoms with van der Waals surface area (Å²) in [4.78, 5) is 25.4. The molecule has 0 heterocycles. The number of rotatable bonds is 6. The highest BCUT2D eigenvalue weighted by molar-refractivity contribution is 5.78. The van der Waals surface area contributed by atoms with Gasteiger partial charge >= 0.3 is 12.0 Å². The van der Waals surface area contributed by atoms with Crippen LogP contribution in [0.4, 0.5) is 4.79 Å². The van der Waals surface area contributed by atoms with Gasteiger partial charge in [-0.25, -0.2) is 4.79 Å². The van der Waals surface area contributed by atoms with E-state index >= 15 is 0 Å². The minimum absolute atomic E-state index is 0.167. The van der Waals surface area contributed by atoms with E-state index < -0.39 is 11.4 Å². The zero-order chi connectivity index (χ0) is 15.9. The Morgan fingerprint density at radius 2 is 1.81 bits per heavy atom. The summed E-state index contributed by atoms with van der Waals surface area (Å²) < 4.78 is 0. The maximum Gasteiger partial charge on any atom is 0.317 e. The lowest BCUT2D eigenvalue weighted by Crippen LogP contribution is -2.47. The Bertz CT molecular complexity index is 349. The molecule has 0 aliphatic heterocycles. The molecule has 0 bridgehead atoms. The molecule has 5 nitrogen and oxygen atoms in total. The monoisotopic (exact) mass is 298 g/mol. The van der Waals surface area contributed by atoms with Crippen molar-refractivity contribution in [3.63, 3.8) is 0 Å². The molecule has 0 aromatic rings. The van der Waals surface area contributed by atoms with Crippen LogP contribution < -0.4 is 5.32 Å². The van der Waals surface area contributed by atoms with Crippen LogP contribution in [0.1, 0.15) is 58.8 Å². The summed E-state index contributed by atoms with van der Waals surface area (Å²) in [5.74, 6) is -0.318. The second kappa shape index (κ2) is 8.25. The average molecular weight is 298 g/mol. The molecule has 122 valence electrons. The first kappa shape index (κ1) is 17.8. The third-order valence-corrected chi connectivity index (χ3v) is 4.72. The Labute approximate surface area is 128 Å².